The highest BCUT2D eigenvalue weighted by molar-refractivity contribution is 6.21. The number of rotatable bonds is 4. The molecule has 8 aromatic carbocycles. The molecule has 1 saturated carbocycles. The molecule has 0 spiro atoms. The lowest BCUT2D eigenvalue weighted by Crippen LogP contribution is -1.94. The molecule has 0 unspecified atom stereocenters. The Balaban J connectivity index is 1.16. The smallest absolute Gasteiger partial charge is 0.0541 e. The minimum absolute atomic E-state index is 0.760. The Morgan fingerprint density at radius 2 is 0.848 bits per heavy atom. The Labute approximate surface area is 268 Å². The van der Waals surface area contributed by atoms with E-state index < -0.39 is 0 Å². The third-order valence-electron chi connectivity index (χ3n) is 10.1. The van der Waals surface area contributed by atoms with Crippen LogP contribution in [0, 0.1) is 0 Å². The van der Waals surface area contributed by atoms with Crippen molar-refractivity contribution < 1.29 is 0 Å². The molecular weight excluding hydrogens is 555 g/mol. The van der Waals surface area contributed by atoms with E-state index in [1.807, 2.05) is 0 Å². The average Bonchev–Trinajstić information content (AvgIpc) is 3.92. The van der Waals surface area contributed by atoms with E-state index in [0.717, 1.165) is 5.92 Å². The zero-order valence-electron chi connectivity index (χ0n) is 25.4. The molecule has 1 aliphatic rings. The molecule has 46 heavy (non-hydrogen) atoms. The summed E-state index contributed by atoms with van der Waals surface area (Å²) in [7, 11) is 0. The van der Waals surface area contributed by atoms with E-state index in [1.165, 1.54) is 100 Å². The van der Waals surface area contributed by atoms with E-state index in [2.05, 4.69) is 162 Å². The number of benzene rings is 8. The maximum Gasteiger partial charge on any atom is 0.0541 e. The predicted octanol–water partition coefficient (Wildman–Crippen LogP) is 12.5. The van der Waals surface area contributed by atoms with Gasteiger partial charge in [-0.1, -0.05) is 127 Å². The van der Waals surface area contributed by atoms with Gasteiger partial charge < -0.3 is 4.57 Å². The number of aromatic nitrogens is 1. The summed E-state index contributed by atoms with van der Waals surface area (Å²) in [6.45, 7) is 0. The molecule has 0 aliphatic heterocycles. The molecule has 1 aromatic heterocycles. The Morgan fingerprint density at radius 3 is 1.41 bits per heavy atom. The van der Waals surface area contributed by atoms with Gasteiger partial charge in [-0.15, -0.1) is 0 Å². The van der Waals surface area contributed by atoms with E-state index in [0.29, 0.717) is 0 Å². The van der Waals surface area contributed by atoms with Crippen LogP contribution in [0.25, 0.3) is 82.1 Å². The van der Waals surface area contributed by atoms with Crippen LogP contribution in [0.3, 0.4) is 0 Å². The molecule has 1 fully saturated rings. The van der Waals surface area contributed by atoms with Gasteiger partial charge >= 0.3 is 0 Å². The van der Waals surface area contributed by atoms with Crippen LogP contribution < -0.4 is 0 Å². The molecule has 0 amide bonds. The first-order valence-electron chi connectivity index (χ1n) is 16.4. The second kappa shape index (κ2) is 9.92. The molecule has 0 atom stereocenters. The van der Waals surface area contributed by atoms with Crippen molar-refractivity contribution in [1.82, 2.24) is 4.57 Å². The Kier molecular flexibility index (Phi) is 5.53. The SMILES string of the molecule is c1ccc2c(-c3ccc4cc(-n5c6ccccc6c6ccccc65)ccc4c3)c3ccccc3c(-c3ccc(C4CC4)cc3)c2c1. The molecule has 9 aromatic rings. The monoisotopic (exact) mass is 585 g/mol. The maximum absolute atomic E-state index is 2.40. The van der Waals surface area contributed by atoms with E-state index in [4.69, 9.17) is 0 Å². The highest BCUT2D eigenvalue weighted by Gasteiger charge is 2.23. The highest BCUT2D eigenvalue weighted by atomic mass is 15.0. The van der Waals surface area contributed by atoms with Gasteiger partial charge in [-0.2, -0.15) is 0 Å². The Morgan fingerprint density at radius 1 is 0.391 bits per heavy atom. The van der Waals surface area contributed by atoms with E-state index in [9.17, 15) is 0 Å². The summed E-state index contributed by atoms with van der Waals surface area (Å²) in [5.74, 6) is 0.760. The molecule has 1 nitrogen and oxygen atoms in total. The minimum Gasteiger partial charge on any atom is -0.309 e. The molecule has 0 N–H and O–H groups in total. The van der Waals surface area contributed by atoms with Crippen molar-refractivity contribution in [1.29, 1.82) is 0 Å². The highest BCUT2D eigenvalue weighted by Crippen LogP contribution is 2.45. The summed E-state index contributed by atoms with van der Waals surface area (Å²) in [6, 6.07) is 58.6. The topological polar surface area (TPSA) is 4.93 Å². The van der Waals surface area contributed by atoms with Crippen molar-refractivity contribution in [2.45, 2.75) is 18.8 Å². The van der Waals surface area contributed by atoms with Crippen LogP contribution in [0.4, 0.5) is 0 Å². The van der Waals surface area contributed by atoms with E-state index >= 15 is 0 Å². The molecule has 10 rings (SSSR count). The van der Waals surface area contributed by atoms with Gasteiger partial charge in [-0.3, -0.25) is 0 Å². The zero-order chi connectivity index (χ0) is 30.2. The number of nitrogens with zero attached hydrogens (tertiary/aromatic N) is 1. The van der Waals surface area contributed by atoms with Crippen LogP contribution in [0.1, 0.15) is 24.3 Å². The summed E-state index contributed by atoms with van der Waals surface area (Å²) in [6.07, 6.45) is 2.65. The normalized spacial score (nSPS) is 13.4. The first-order chi connectivity index (χ1) is 22.8. The predicted molar refractivity (Wildman–Crippen MR) is 196 cm³/mol. The summed E-state index contributed by atoms with van der Waals surface area (Å²) in [5, 5.41) is 10.3. The molecule has 0 bridgehead atoms. The fourth-order valence-electron chi connectivity index (χ4n) is 7.82. The van der Waals surface area contributed by atoms with Crippen LogP contribution in [0.15, 0.2) is 158 Å². The van der Waals surface area contributed by atoms with E-state index in [1.54, 1.807) is 0 Å². The summed E-state index contributed by atoms with van der Waals surface area (Å²) in [4.78, 5) is 0. The van der Waals surface area contributed by atoms with Crippen molar-refractivity contribution in [3.63, 3.8) is 0 Å². The minimum atomic E-state index is 0.760. The molecule has 1 aliphatic carbocycles. The Hall–Kier alpha value is -5.66. The van der Waals surface area contributed by atoms with Crippen LogP contribution in [-0.4, -0.2) is 4.57 Å². The largest absolute Gasteiger partial charge is 0.309 e. The molecule has 0 saturated heterocycles. The number of fused-ring (bicyclic) bond motifs is 6. The van der Waals surface area contributed by atoms with Gasteiger partial charge in [0.2, 0.25) is 0 Å². The lowest BCUT2D eigenvalue weighted by molar-refractivity contribution is 1.13. The first-order valence-corrected chi connectivity index (χ1v) is 16.4. The van der Waals surface area contributed by atoms with Crippen molar-refractivity contribution in [3.05, 3.63) is 163 Å². The Bertz CT molecular complexity index is 2520. The number of para-hydroxylation sites is 2. The third kappa shape index (κ3) is 3.88. The summed E-state index contributed by atoms with van der Waals surface area (Å²) >= 11 is 0. The number of hydrogen-bond acceptors (Lipinski definition) is 0. The van der Waals surface area contributed by atoms with Crippen LogP contribution in [0.2, 0.25) is 0 Å². The fraction of sp³-hybridized carbons (Fsp3) is 0.0667. The molecule has 1 heterocycles. The standard InChI is InChI=1S/C45H31N/c1-3-13-40-38(11-1)44(31-21-19-30(20-22-31)29-17-18-29)39-12-2-4-14-41(39)45(40)34-24-23-33-28-35(26-25-32(33)27-34)46-42-15-7-5-9-36(42)37-10-6-8-16-43(37)46/h1-16,19-29H,17-18H2. The second-order valence-corrected chi connectivity index (χ2v) is 12.9. The van der Waals surface area contributed by atoms with Gasteiger partial charge in [-0.25, -0.2) is 0 Å². The molecule has 1 heteroatoms. The van der Waals surface area contributed by atoms with Crippen molar-refractivity contribution in [3.8, 4) is 27.9 Å². The van der Waals surface area contributed by atoms with Crippen LogP contribution >= 0.6 is 0 Å². The van der Waals surface area contributed by atoms with Crippen LogP contribution in [-0.2, 0) is 0 Å². The van der Waals surface area contributed by atoms with Crippen molar-refractivity contribution in [2.75, 3.05) is 0 Å². The van der Waals surface area contributed by atoms with Gasteiger partial charge in [0.25, 0.3) is 0 Å². The second-order valence-electron chi connectivity index (χ2n) is 12.9. The van der Waals surface area contributed by atoms with Gasteiger partial charge in [0, 0.05) is 16.5 Å². The van der Waals surface area contributed by atoms with Crippen molar-refractivity contribution in [2.24, 2.45) is 0 Å². The summed E-state index contributed by atoms with van der Waals surface area (Å²) in [5.41, 5.74) is 10.3. The maximum atomic E-state index is 2.40. The lowest BCUT2D eigenvalue weighted by atomic mass is 9.85. The average molecular weight is 586 g/mol. The van der Waals surface area contributed by atoms with E-state index in [-0.39, 0.29) is 0 Å². The van der Waals surface area contributed by atoms with Gasteiger partial charge in [0.1, 0.15) is 0 Å². The van der Waals surface area contributed by atoms with Gasteiger partial charge in [-0.05, 0) is 109 Å². The van der Waals surface area contributed by atoms with Crippen molar-refractivity contribution >= 4 is 54.1 Å². The zero-order valence-corrected chi connectivity index (χ0v) is 25.4. The lowest BCUT2D eigenvalue weighted by Gasteiger charge is -2.18. The first kappa shape index (κ1) is 25.6. The third-order valence-corrected chi connectivity index (χ3v) is 10.1. The van der Waals surface area contributed by atoms with Gasteiger partial charge in [0.15, 0.2) is 0 Å². The quantitative estimate of drug-likeness (QED) is 0.181. The van der Waals surface area contributed by atoms with Crippen LogP contribution in [0.5, 0.6) is 0 Å². The molecular formula is C45H31N. The molecule has 216 valence electrons. The number of hydrogen-bond donors (Lipinski definition) is 0. The van der Waals surface area contributed by atoms with Gasteiger partial charge in [0.05, 0.1) is 11.0 Å². The summed E-state index contributed by atoms with van der Waals surface area (Å²) < 4.78 is 2.40. The molecule has 0 radical (unpaired) electrons. The fourth-order valence-corrected chi connectivity index (χ4v) is 7.82.